The van der Waals surface area contributed by atoms with E-state index in [4.69, 9.17) is 0 Å². The van der Waals surface area contributed by atoms with Gasteiger partial charge in [-0.3, -0.25) is 4.98 Å². The highest BCUT2D eigenvalue weighted by molar-refractivity contribution is 9.10. The highest BCUT2D eigenvalue weighted by Gasteiger charge is 2.05. The molecular formula is C13H9BrN4. The SMILES string of the molecule is Brc1cncnc1Nc1cccc2cccnc12. The van der Waals surface area contributed by atoms with Crippen LogP contribution < -0.4 is 5.32 Å². The first kappa shape index (κ1) is 11.1. The highest BCUT2D eigenvalue weighted by atomic mass is 79.9. The van der Waals surface area contributed by atoms with Crippen LogP contribution in [0.5, 0.6) is 0 Å². The molecule has 0 unspecified atom stereocenters. The molecule has 3 rings (SSSR count). The van der Waals surface area contributed by atoms with Gasteiger partial charge in [0.1, 0.15) is 12.1 Å². The van der Waals surface area contributed by atoms with Crippen LogP contribution in [0.4, 0.5) is 11.5 Å². The zero-order valence-electron chi connectivity index (χ0n) is 9.34. The number of pyridine rings is 1. The van der Waals surface area contributed by atoms with Crippen molar-refractivity contribution < 1.29 is 0 Å². The summed E-state index contributed by atoms with van der Waals surface area (Å²) in [7, 11) is 0. The van der Waals surface area contributed by atoms with E-state index in [0.717, 1.165) is 26.9 Å². The standard InChI is InChI=1S/C13H9BrN4/c14-10-7-15-8-17-13(10)18-11-5-1-3-9-4-2-6-16-12(9)11/h1-8H,(H,15,17,18). The predicted molar refractivity (Wildman–Crippen MR) is 74.8 cm³/mol. The molecule has 88 valence electrons. The summed E-state index contributed by atoms with van der Waals surface area (Å²) in [4.78, 5) is 12.5. The zero-order valence-corrected chi connectivity index (χ0v) is 10.9. The second-order valence-corrected chi connectivity index (χ2v) is 4.58. The number of rotatable bonds is 2. The van der Waals surface area contributed by atoms with E-state index in [1.807, 2.05) is 30.3 Å². The lowest BCUT2D eigenvalue weighted by molar-refractivity contribution is 1.15. The predicted octanol–water partition coefficient (Wildman–Crippen LogP) is 3.53. The number of hydrogen-bond acceptors (Lipinski definition) is 4. The van der Waals surface area contributed by atoms with Gasteiger partial charge in [0, 0.05) is 17.8 Å². The molecule has 0 aliphatic heterocycles. The summed E-state index contributed by atoms with van der Waals surface area (Å²) >= 11 is 3.41. The molecule has 0 fully saturated rings. The fourth-order valence-corrected chi connectivity index (χ4v) is 2.06. The lowest BCUT2D eigenvalue weighted by Crippen LogP contribution is -1.96. The Morgan fingerprint density at radius 3 is 2.83 bits per heavy atom. The number of benzene rings is 1. The minimum atomic E-state index is 0.725. The van der Waals surface area contributed by atoms with E-state index in [1.165, 1.54) is 6.33 Å². The van der Waals surface area contributed by atoms with Crippen molar-refractivity contribution in [2.24, 2.45) is 0 Å². The van der Waals surface area contributed by atoms with Gasteiger partial charge in [-0.15, -0.1) is 0 Å². The molecule has 0 aliphatic rings. The van der Waals surface area contributed by atoms with Crippen LogP contribution in [-0.2, 0) is 0 Å². The van der Waals surface area contributed by atoms with Crippen molar-refractivity contribution in [2.45, 2.75) is 0 Å². The molecule has 3 aromatic rings. The zero-order chi connectivity index (χ0) is 12.4. The van der Waals surface area contributed by atoms with Gasteiger partial charge in [0.15, 0.2) is 0 Å². The summed E-state index contributed by atoms with van der Waals surface area (Å²) in [6.07, 6.45) is 4.99. The molecular weight excluding hydrogens is 292 g/mol. The minimum absolute atomic E-state index is 0.725. The first-order valence-electron chi connectivity index (χ1n) is 5.41. The van der Waals surface area contributed by atoms with Crippen molar-refractivity contribution in [1.82, 2.24) is 15.0 Å². The van der Waals surface area contributed by atoms with E-state index >= 15 is 0 Å². The van der Waals surface area contributed by atoms with Crippen LogP contribution in [0, 0.1) is 0 Å². The number of nitrogens with one attached hydrogen (secondary N) is 1. The second kappa shape index (κ2) is 4.70. The van der Waals surface area contributed by atoms with Crippen LogP contribution in [-0.4, -0.2) is 15.0 Å². The number of halogens is 1. The number of anilines is 2. The number of nitrogens with zero attached hydrogens (tertiary/aromatic N) is 3. The molecule has 0 atom stereocenters. The maximum Gasteiger partial charge on any atom is 0.148 e. The van der Waals surface area contributed by atoms with E-state index in [-0.39, 0.29) is 0 Å². The largest absolute Gasteiger partial charge is 0.337 e. The van der Waals surface area contributed by atoms with E-state index in [0.29, 0.717) is 0 Å². The molecule has 5 heteroatoms. The van der Waals surface area contributed by atoms with Gasteiger partial charge in [0.05, 0.1) is 15.7 Å². The Hall–Kier alpha value is -2.01. The van der Waals surface area contributed by atoms with Crippen LogP contribution in [0.2, 0.25) is 0 Å². The van der Waals surface area contributed by atoms with E-state index in [2.05, 4.69) is 36.2 Å². The van der Waals surface area contributed by atoms with Gasteiger partial charge in [0.25, 0.3) is 0 Å². The van der Waals surface area contributed by atoms with Crippen LogP contribution in [0.25, 0.3) is 10.9 Å². The minimum Gasteiger partial charge on any atom is -0.337 e. The third-order valence-electron chi connectivity index (χ3n) is 2.55. The van der Waals surface area contributed by atoms with Gasteiger partial charge in [-0.05, 0) is 28.1 Å². The molecule has 0 saturated heterocycles. The van der Waals surface area contributed by atoms with Crippen LogP contribution in [0.15, 0.2) is 53.5 Å². The third kappa shape index (κ3) is 2.04. The van der Waals surface area contributed by atoms with Crippen molar-refractivity contribution in [3.8, 4) is 0 Å². The Labute approximate surface area is 112 Å². The molecule has 18 heavy (non-hydrogen) atoms. The lowest BCUT2D eigenvalue weighted by atomic mass is 10.2. The number of hydrogen-bond donors (Lipinski definition) is 1. The number of aromatic nitrogens is 3. The first-order valence-corrected chi connectivity index (χ1v) is 6.20. The van der Waals surface area contributed by atoms with E-state index in [1.54, 1.807) is 12.4 Å². The van der Waals surface area contributed by atoms with Crippen molar-refractivity contribution in [1.29, 1.82) is 0 Å². The average Bonchev–Trinajstić information content (AvgIpc) is 2.42. The number of fused-ring (bicyclic) bond motifs is 1. The summed E-state index contributed by atoms with van der Waals surface area (Å²) in [5, 5.41) is 4.35. The monoisotopic (exact) mass is 300 g/mol. The quantitative estimate of drug-likeness (QED) is 0.786. The Bertz CT molecular complexity index is 694. The summed E-state index contributed by atoms with van der Waals surface area (Å²) in [5.74, 6) is 0.725. The van der Waals surface area contributed by atoms with Crippen molar-refractivity contribution in [2.75, 3.05) is 5.32 Å². The summed E-state index contributed by atoms with van der Waals surface area (Å²) < 4.78 is 0.818. The van der Waals surface area contributed by atoms with Gasteiger partial charge in [-0.1, -0.05) is 18.2 Å². The normalized spacial score (nSPS) is 10.5. The molecule has 0 aliphatic carbocycles. The fraction of sp³-hybridized carbons (Fsp3) is 0. The molecule has 1 N–H and O–H groups in total. The van der Waals surface area contributed by atoms with Crippen LogP contribution in [0.3, 0.4) is 0 Å². The Balaban J connectivity index is 2.08. The van der Waals surface area contributed by atoms with Crippen LogP contribution >= 0.6 is 15.9 Å². The summed E-state index contributed by atoms with van der Waals surface area (Å²) in [6.45, 7) is 0. The van der Waals surface area contributed by atoms with Crippen molar-refractivity contribution >= 4 is 38.3 Å². The molecule has 0 radical (unpaired) electrons. The van der Waals surface area contributed by atoms with Crippen molar-refractivity contribution in [3.05, 3.63) is 53.5 Å². The molecule has 0 bridgehead atoms. The third-order valence-corrected chi connectivity index (χ3v) is 3.13. The molecule has 0 saturated carbocycles. The summed E-state index contributed by atoms with van der Waals surface area (Å²) in [6, 6.07) is 9.95. The van der Waals surface area contributed by atoms with E-state index < -0.39 is 0 Å². The molecule has 1 aromatic carbocycles. The maximum absolute atomic E-state index is 4.39. The van der Waals surface area contributed by atoms with Crippen LogP contribution in [0.1, 0.15) is 0 Å². The Kier molecular flexibility index (Phi) is 2.90. The number of para-hydroxylation sites is 1. The molecule has 2 heterocycles. The Morgan fingerprint density at radius 2 is 1.94 bits per heavy atom. The van der Waals surface area contributed by atoms with Gasteiger partial charge in [-0.2, -0.15) is 0 Å². The average molecular weight is 301 g/mol. The van der Waals surface area contributed by atoms with Crippen molar-refractivity contribution in [3.63, 3.8) is 0 Å². The molecule has 2 aromatic heterocycles. The van der Waals surface area contributed by atoms with Gasteiger partial charge in [0.2, 0.25) is 0 Å². The van der Waals surface area contributed by atoms with Gasteiger partial charge in [-0.25, -0.2) is 9.97 Å². The first-order chi connectivity index (χ1) is 8.84. The molecule has 4 nitrogen and oxygen atoms in total. The Morgan fingerprint density at radius 1 is 1.06 bits per heavy atom. The van der Waals surface area contributed by atoms with Gasteiger partial charge >= 0.3 is 0 Å². The summed E-state index contributed by atoms with van der Waals surface area (Å²) in [5.41, 5.74) is 1.85. The molecule has 0 amide bonds. The molecule has 0 spiro atoms. The topological polar surface area (TPSA) is 50.7 Å². The lowest BCUT2D eigenvalue weighted by Gasteiger charge is -2.08. The highest BCUT2D eigenvalue weighted by Crippen LogP contribution is 2.26. The smallest absolute Gasteiger partial charge is 0.148 e. The second-order valence-electron chi connectivity index (χ2n) is 3.72. The maximum atomic E-state index is 4.39. The van der Waals surface area contributed by atoms with E-state index in [9.17, 15) is 0 Å². The fourth-order valence-electron chi connectivity index (χ4n) is 1.74. The van der Waals surface area contributed by atoms with Gasteiger partial charge < -0.3 is 5.32 Å².